The van der Waals surface area contributed by atoms with Gasteiger partial charge in [0.05, 0.1) is 22.8 Å². The van der Waals surface area contributed by atoms with Crippen molar-refractivity contribution in [2.75, 3.05) is 0 Å². The molecule has 10 nitrogen and oxygen atoms in total. The summed E-state index contributed by atoms with van der Waals surface area (Å²) in [6.07, 6.45) is 0. The SMILES string of the molecule is Cc1c(-c2ccccc2)nn(-c2nc(C(=O)O)cs2)c1-c1cc(F)cc(F)c1.Cc1ccc(F)cc1-c1c(C)c(-c2ccccc2)nn1-c1nc(C(=O)O)cs1. The topological polar surface area (TPSA) is 136 Å². The Labute approximate surface area is 325 Å². The van der Waals surface area contributed by atoms with Crippen LogP contribution in [0.15, 0.2) is 108 Å². The van der Waals surface area contributed by atoms with Crippen LogP contribution in [0.3, 0.4) is 0 Å². The van der Waals surface area contributed by atoms with Gasteiger partial charge in [-0.1, -0.05) is 66.7 Å². The normalized spacial score (nSPS) is 11.0. The Morgan fingerprint density at radius 2 is 1.04 bits per heavy atom. The van der Waals surface area contributed by atoms with Crippen LogP contribution >= 0.6 is 22.7 Å². The third kappa shape index (κ3) is 7.49. The van der Waals surface area contributed by atoms with E-state index >= 15 is 0 Å². The smallest absolute Gasteiger partial charge is 0.355 e. The summed E-state index contributed by atoms with van der Waals surface area (Å²) in [6, 6.07) is 26.8. The van der Waals surface area contributed by atoms with Crippen LogP contribution in [0.4, 0.5) is 13.2 Å². The van der Waals surface area contributed by atoms with Gasteiger partial charge >= 0.3 is 11.9 Å². The second kappa shape index (κ2) is 15.6. The van der Waals surface area contributed by atoms with E-state index in [0.717, 1.165) is 45.4 Å². The zero-order valence-corrected chi connectivity index (χ0v) is 31.4. The Morgan fingerprint density at radius 3 is 1.50 bits per heavy atom. The fourth-order valence-corrected chi connectivity index (χ4v) is 7.63. The number of hydrogen-bond donors (Lipinski definition) is 2. The molecule has 8 rings (SSSR count). The quantitative estimate of drug-likeness (QED) is 0.155. The highest BCUT2D eigenvalue weighted by Gasteiger charge is 2.24. The molecule has 8 aromatic rings. The molecule has 0 fully saturated rings. The number of aromatic carboxylic acids is 2. The van der Waals surface area contributed by atoms with Crippen molar-refractivity contribution in [1.29, 1.82) is 0 Å². The van der Waals surface area contributed by atoms with Gasteiger partial charge in [0, 0.05) is 50.2 Å². The maximum absolute atomic E-state index is 14.0. The van der Waals surface area contributed by atoms with Gasteiger partial charge in [-0.2, -0.15) is 10.2 Å². The monoisotopic (exact) mass is 790 g/mol. The molecule has 0 aliphatic rings. The van der Waals surface area contributed by atoms with Gasteiger partial charge in [0.15, 0.2) is 11.4 Å². The van der Waals surface area contributed by atoms with Crippen LogP contribution in [-0.4, -0.2) is 51.7 Å². The van der Waals surface area contributed by atoms with Crippen molar-refractivity contribution in [1.82, 2.24) is 29.5 Å². The lowest BCUT2D eigenvalue weighted by Crippen LogP contribution is -2.03. The second-order valence-electron chi connectivity index (χ2n) is 12.5. The van der Waals surface area contributed by atoms with Gasteiger partial charge in [0.25, 0.3) is 0 Å². The molecule has 0 unspecified atom stereocenters. The van der Waals surface area contributed by atoms with Gasteiger partial charge in [-0.15, -0.1) is 22.7 Å². The number of carboxylic acid groups (broad SMARTS) is 2. The minimum atomic E-state index is -1.16. The minimum absolute atomic E-state index is 0.0451. The standard InChI is InChI=1S/C21H16FN3O2S.C20H13F2N3O2S/c1-12-8-9-15(22)10-16(12)19-13(2)18(14-6-4-3-5-7-14)24-25(19)21-23-17(11-28-21)20(26)27;1-11-17(12-5-3-2-4-6-12)24-25(20-23-16(10-28-20)19(26)27)18(11)13-7-14(21)9-15(22)8-13/h3-11H,1-2H3,(H,26,27);2-10H,1H3,(H,26,27). The lowest BCUT2D eigenvalue weighted by molar-refractivity contribution is 0.0680. The number of hydrogen-bond acceptors (Lipinski definition) is 8. The van der Waals surface area contributed by atoms with E-state index in [9.17, 15) is 27.9 Å². The molecule has 0 radical (unpaired) electrons. The summed E-state index contributed by atoms with van der Waals surface area (Å²) in [5.74, 6) is -4.03. The first kappa shape index (κ1) is 37.6. The molecule has 0 saturated carbocycles. The predicted octanol–water partition coefficient (Wildman–Crippen LogP) is 10.1. The van der Waals surface area contributed by atoms with E-state index < -0.39 is 23.6 Å². The number of aromatic nitrogens is 6. The number of halogens is 3. The van der Waals surface area contributed by atoms with Crippen LogP contribution in [0.1, 0.15) is 37.7 Å². The van der Waals surface area contributed by atoms with Gasteiger partial charge in [-0.25, -0.2) is 42.1 Å². The molecular formula is C41H29F3N6O4S2. The molecule has 0 atom stereocenters. The number of rotatable bonds is 8. The highest BCUT2D eigenvalue weighted by atomic mass is 32.1. The molecule has 0 amide bonds. The average Bonchev–Trinajstić information content (AvgIpc) is 3.99. The van der Waals surface area contributed by atoms with Gasteiger partial charge in [-0.05, 0) is 50.6 Å². The summed E-state index contributed by atoms with van der Waals surface area (Å²) in [5.41, 5.74) is 7.52. The first-order valence-electron chi connectivity index (χ1n) is 16.8. The Balaban J connectivity index is 0.000000172. The minimum Gasteiger partial charge on any atom is -0.476 e. The molecule has 0 aliphatic carbocycles. The molecule has 2 N–H and O–H groups in total. The molecule has 15 heteroatoms. The first-order chi connectivity index (χ1) is 26.9. The van der Waals surface area contributed by atoms with Crippen molar-refractivity contribution in [3.63, 3.8) is 0 Å². The van der Waals surface area contributed by atoms with Crippen molar-refractivity contribution in [3.8, 4) is 55.3 Å². The van der Waals surface area contributed by atoms with Crippen molar-refractivity contribution < 1.29 is 33.0 Å². The maximum atomic E-state index is 14.0. The largest absolute Gasteiger partial charge is 0.476 e. The number of carbonyl (C=O) groups is 2. The fourth-order valence-electron chi connectivity index (χ4n) is 6.12. The summed E-state index contributed by atoms with van der Waals surface area (Å²) in [6.45, 7) is 5.63. The van der Waals surface area contributed by atoms with E-state index in [1.807, 2.05) is 74.5 Å². The van der Waals surface area contributed by atoms with Crippen LogP contribution in [0.5, 0.6) is 0 Å². The molecular weight excluding hydrogens is 762 g/mol. The zero-order chi connectivity index (χ0) is 39.7. The highest BCUT2D eigenvalue weighted by molar-refractivity contribution is 7.12. The molecule has 280 valence electrons. The molecule has 0 spiro atoms. The van der Waals surface area contributed by atoms with Gasteiger partial charge in [0.1, 0.15) is 17.5 Å². The van der Waals surface area contributed by atoms with E-state index in [1.54, 1.807) is 17.7 Å². The lowest BCUT2D eigenvalue weighted by atomic mass is 9.99. The molecule has 0 aliphatic heterocycles. The predicted molar refractivity (Wildman–Crippen MR) is 208 cm³/mol. The summed E-state index contributed by atoms with van der Waals surface area (Å²) in [7, 11) is 0. The van der Waals surface area contributed by atoms with Crippen LogP contribution in [-0.2, 0) is 0 Å². The van der Waals surface area contributed by atoms with E-state index in [1.165, 1.54) is 51.0 Å². The summed E-state index contributed by atoms with van der Waals surface area (Å²) >= 11 is 2.27. The third-order valence-electron chi connectivity index (χ3n) is 8.71. The number of aryl methyl sites for hydroxylation is 1. The second-order valence-corrected chi connectivity index (χ2v) is 14.1. The number of carboxylic acids is 2. The van der Waals surface area contributed by atoms with Crippen molar-refractivity contribution >= 4 is 34.6 Å². The Morgan fingerprint density at radius 1 is 0.571 bits per heavy atom. The Hall–Kier alpha value is -6.71. The van der Waals surface area contributed by atoms with Crippen LogP contribution in [0.25, 0.3) is 55.3 Å². The first-order valence-corrected chi connectivity index (χ1v) is 18.6. The fraction of sp³-hybridized carbons (Fsp3) is 0.0732. The van der Waals surface area contributed by atoms with Crippen molar-refractivity contribution in [2.45, 2.75) is 20.8 Å². The Kier molecular flexibility index (Phi) is 10.5. The molecule has 0 saturated heterocycles. The van der Waals surface area contributed by atoms with Crippen LogP contribution in [0, 0.1) is 38.2 Å². The Bertz CT molecular complexity index is 2720. The van der Waals surface area contributed by atoms with Crippen LogP contribution in [0.2, 0.25) is 0 Å². The average molecular weight is 791 g/mol. The highest BCUT2D eigenvalue weighted by Crippen LogP contribution is 2.37. The van der Waals surface area contributed by atoms with Crippen molar-refractivity contribution in [2.24, 2.45) is 0 Å². The van der Waals surface area contributed by atoms with Crippen LogP contribution < -0.4 is 0 Å². The summed E-state index contributed by atoms with van der Waals surface area (Å²) in [5, 5.41) is 31.3. The molecule has 4 heterocycles. The lowest BCUT2D eigenvalue weighted by Gasteiger charge is -2.09. The molecule has 4 aromatic carbocycles. The van der Waals surface area contributed by atoms with Gasteiger partial charge in [0.2, 0.25) is 10.3 Å². The van der Waals surface area contributed by atoms with E-state index in [-0.39, 0.29) is 22.8 Å². The van der Waals surface area contributed by atoms with E-state index in [2.05, 4.69) is 15.1 Å². The maximum Gasteiger partial charge on any atom is 0.355 e. The summed E-state index contributed by atoms with van der Waals surface area (Å²) in [4.78, 5) is 30.7. The number of nitrogens with zero attached hydrogens (tertiary/aromatic N) is 6. The number of benzene rings is 4. The molecule has 56 heavy (non-hydrogen) atoms. The van der Waals surface area contributed by atoms with Gasteiger partial charge < -0.3 is 10.2 Å². The molecule has 4 aromatic heterocycles. The molecule has 0 bridgehead atoms. The van der Waals surface area contributed by atoms with Gasteiger partial charge in [-0.3, -0.25) is 0 Å². The zero-order valence-electron chi connectivity index (χ0n) is 29.7. The van der Waals surface area contributed by atoms with E-state index in [0.29, 0.717) is 38.5 Å². The third-order valence-corrected chi connectivity index (χ3v) is 10.3. The number of thiazole rings is 2. The summed E-state index contributed by atoms with van der Waals surface area (Å²) < 4.78 is 44.8. The van der Waals surface area contributed by atoms with Crippen molar-refractivity contribution in [3.05, 3.63) is 153 Å². The van der Waals surface area contributed by atoms with E-state index in [4.69, 9.17) is 10.2 Å².